The van der Waals surface area contributed by atoms with Crippen LogP contribution in [0.4, 0.5) is 0 Å². The zero-order chi connectivity index (χ0) is 23.7. The van der Waals surface area contributed by atoms with Gasteiger partial charge in [0.25, 0.3) is 0 Å². The molecule has 1 aromatic carbocycles. The van der Waals surface area contributed by atoms with Crippen LogP contribution in [0.3, 0.4) is 0 Å². The summed E-state index contributed by atoms with van der Waals surface area (Å²) in [4.78, 5) is 5.45. The molecule has 0 aliphatic heterocycles. The minimum atomic E-state index is -2.05. The minimum Gasteiger partial charge on any atom is -0.312 e. The number of aromatic amines is 1. The van der Waals surface area contributed by atoms with Crippen LogP contribution in [-0.4, -0.2) is 43.5 Å². The van der Waals surface area contributed by atoms with Gasteiger partial charge in [-0.25, -0.2) is 13.9 Å². The van der Waals surface area contributed by atoms with E-state index in [9.17, 15) is 4.21 Å². The lowest BCUT2D eigenvalue weighted by atomic mass is 10.1. The Hall–Kier alpha value is -3.45. The van der Waals surface area contributed by atoms with Gasteiger partial charge in [0.05, 0.1) is 17.0 Å². The summed E-state index contributed by atoms with van der Waals surface area (Å²) in [6.07, 6.45) is 4.27. The van der Waals surface area contributed by atoms with E-state index in [-0.39, 0.29) is 0 Å². The number of aromatic nitrogens is 7. The number of aryl methyl sites for hydroxylation is 2. The third kappa shape index (κ3) is 4.48. The molecule has 0 spiro atoms. The van der Waals surface area contributed by atoms with Crippen LogP contribution in [0.25, 0.3) is 21.3 Å². The summed E-state index contributed by atoms with van der Waals surface area (Å²) < 4.78 is 26.8. The number of imidazole rings is 1. The van der Waals surface area contributed by atoms with Gasteiger partial charge in [-0.3, -0.25) is 9.12 Å². The van der Waals surface area contributed by atoms with E-state index < -0.39 is 11.3 Å². The van der Waals surface area contributed by atoms with Crippen LogP contribution in [0.2, 0.25) is 0 Å². The molecule has 0 aliphatic carbocycles. The van der Waals surface area contributed by atoms with E-state index in [1.807, 2.05) is 38.2 Å². The fourth-order valence-electron chi connectivity index (χ4n) is 3.94. The van der Waals surface area contributed by atoms with Crippen molar-refractivity contribution in [3.8, 4) is 21.3 Å². The smallest absolute Gasteiger partial charge is 0.232 e. The highest BCUT2D eigenvalue weighted by Gasteiger charge is 2.18. The molecule has 1 atom stereocenters. The topological polar surface area (TPSA) is 127 Å². The Balaban J connectivity index is 1.58. The van der Waals surface area contributed by atoms with E-state index in [4.69, 9.17) is 4.55 Å². The Labute approximate surface area is 202 Å². The molecule has 3 N–H and O–H groups in total. The normalized spacial score (nSPS) is 12.3. The number of hydrogen-bond acceptors (Lipinski definition) is 6. The van der Waals surface area contributed by atoms with Gasteiger partial charge in [0.15, 0.2) is 5.82 Å². The number of nitrogens with one attached hydrogen (secondary N) is 2. The molecule has 0 saturated carbocycles. The number of thiophene rings is 1. The first-order chi connectivity index (χ1) is 16.5. The molecule has 174 valence electrons. The molecule has 1 unspecified atom stereocenters. The maximum atomic E-state index is 11.0. The van der Waals surface area contributed by atoms with Gasteiger partial charge >= 0.3 is 0 Å². The zero-order valence-corrected chi connectivity index (χ0v) is 20.1. The van der Waals surface area contributed by atoms with Gasteiger partial charge in [-0.05, 0) is 55.3 Å². The number of H-pyrrole nitrogens is 1. The molecule has 5 rings (SSSR count). The van der Waals surface area contributed by atoms with Crippen molar-refractivity contribution in [2.45, 2.75) is 26.8 Å². The Morgan fingerprint density at radius 3 is 2.76 bits per heavy atom. The van der Waals surface area contributed by atoms with Crippen LogP contribution in [0.5, 0.6) is 0 Å². The molecule has 5 aromatic rings. The molecule has 0 radical (unpaired) electrons. The standard InChI is InChI=1S/C22H22N8O2S2/c1-14-11-16(13-24-34(31)32)3-5-18(14)30-17(12-21-25-27-28-26-21)4-6-19(30)20-7-8-22(33-20)29-10-9-23-15(29)2/h3-11,24H,12-13H2,1-2H3,(H,31,32)(H,25,26,27,28). The first-order valence-electron chi connectivity index (χ1n) is 10.5. The first-order valence-corrected chi connectivity index (χ1v) is 12.4. The van der Waals surface area contributed by atoms with E-state index in [1.165, 1.54) is 0 Å². The Bertz CT molecular complexity index is 1450. The molecule has 4 heterocycles. The van der Waals surface area contributed by atoms with Gasteiger partial charge in [0, 0.05) is 30.3 Å². The van der Waals surface area contributed by atoms with Crippen LogP contribution >= 0.6 is 11.3 Å². The van der Waals surface area contributed by atoms with Crippen molar-refractivity contribution < 1.29 is 8.76 Å². The molecule has 0 saturated heterocycles. The molecule has 0 aliphatic rings. The molecule has 0 amide bonds. The molecule has 0 bridgehead atoms. The van der Waals surface area contributed by atoms with Crippen molar-refractivity contribution in [3.05, 3.63) is 83.3 Å². The number of rotatable bonds is 8. The van der Waals surface area contributed by atoms with Crippen LogP contribution in [0.15, 0.2) is 54.9 Å². The summed E-state index contributed by atoms with van der Waals surface area (Å²) in [5, 5.41) is 15.5. The quantitative estimate of drug-likeness (QED) is 0.284. The Morgan fingerprint density at radius 1 is 1.18 bits per heavy atom. The van der Waals surface area contributed by atoms with Crippen LogP contribution < -0.4 is 4.72 Å². The zero-order valence-electron chi connectivity index (χ0n) is 18.5. The molecule has 12 heteroatoms. The van der Waals surface area contributed by atoms with E-state index in [0.29, 0.717) is 18.8 Å². The van der Waals surface area contributed by atoms with E-state index in [1.54, 1.807) is 17.5 Å². The molecule has 10 nitrogen and oxygen atoms in total. The SMILES string of the molecule is Cc1cc(CNS(=O)O)ccc1-n1c(Cc2nn[nH]n2)ccc1-c1ccc(-n2ccnc2C)s1. The van der Waals surface area contributed by atoms with E-state index in [2.05, 4.69) is 63.7 Å². The third-order valence-electron chi connectivity index (χ3n) is 5.50. The summed E-state index contributed by atoms with van der Waals surface area (Å²) in [5.41, 5.74) is 5.05. The fraction of sp³-hybridized carbons (Fsp3) is 0.182. The predicted molar refractivity (Wildman–Crippen MR) is 130 cm³/mol. The first kappa shape index (κ1) is 22.3. The van der Waals surface area contributed by atoms with E-state index >= 15 is 0 Å². The largest absolute Gasteiger partial charge is 0.312 e. The second kappa shape index (κ2) is 9.43. The van der Waals surface area contributed by atoms with Crippen molar-refractivity contribution in [2.75, 3.05) is 0 Å². The summed E-state index contributed by atoms with van der Waals surface area (Å²) in [7, 11) is 0. The number of nitrogens with zero attached hydrogens (tertiary/aromatic N) is 6. The van der Waals surface area contributed by atoms with Crippen LogP contribution in [-0.2, 0) is 24.2 Å². The molecule has 34 heavy (non-hydrogen) atoms. The predicted octanol–water partition coefficient (Wildman–Crippen LogP) is 3.34. The van der Waals surface area contributed by atoms with Crippen molar-refractivity contribution in [2.24, 2.45) is 0 Å². The second-order valence-corrected chi connectivity index (χ2v) is 9.57. The Morgan fingerprint density at radius 2 is 2.06 bits per heavy atom. The van der Waals surface area contributed by atoms with Crippen molar-refractivity contribution in [3.63, 3.8) is 0 Å². The number of benzene rings is 1. The maximum absolute atomic E-state index is 11.0. The van der Waals surface area contributed by atoms with Gasteiger partial charge in [0.2, 0.25) is 11.3 Å². The highest BCUT2D eigenvalue weighted by Crippen LogP contribution is 2.35. The summed E-state index contributed by atoms with van der Waals surface area (Å²) in [5.74, 6) is 1.54. The monoisotopic (exact) mass is 494 g/mol. The number of tetrazole rings is 1. The summed E-state index contributed by atoms with van der Waals surface area (Å²) in [6, 6.07) is 14.4. The molecule has 0 fully saturated rings. The number of hydrogen-bond donors (Lipinski definition) is 3. The fourth-order valence-corrected chi connectivity index (χ4v) is 5.29. The highest BCUT2D eigenvalue weighted by atomic mass is 32.2. The van der Waals surface area contributed by atoms with Crippen LogP contribution in [0.1, 0.15) is 28.5 Å². The van der Waals surface area contributed by atoms with Crippen LogP contribution in [0, 0.1) is 13.8 Å². The van der Waals surface area contributed by atoms with Gasteiger partial charge in [0.1, 0.15) is 10.8 Å². The highest BCUT2D eigenvalue weighted by molar-refractivity contribution is 7.77. The third-order valence-corrected chi connectivity index (χ3v) is 7.00. The maximum Gasteiger partial charge on any atom is 0.232 e. The van der Waals surface area contributed by atoms with E-state index in [0.717, 1.165) is 43.9 Å². The van der Waals surface area contributed by atoms with Gasteiger partial charge in [-0.15, -0.1) is 21.5 Å². The van der Waals surface area contributed by atoms with Gasteiger partial charge < -0.3 is 4.57 Å². The molecular weight excluding hydrogens is 472 g/mol. The van der Waals surface area contributed by atoms with Crippen molar-refractivity contribution >= 4 is 22.6 Å². The second-order valence-electron chi connectivity index (χ2n) is 7.72. The summed E-state index contributed by atoms with van der Waals surface area (Å²) >= 11 is -0.365. The lowest BCUT2D eigenvalue weighted by Gasteiger charge is -2.16. The van der Waals surface area contributed by atoms with Crippen molar-refractivity contribution in [1.82, 2.24) is 39.5 Å². The van der Waals surface area contributed by atoms with Gasteiger partial charge in [-0.1, -0.05) is 17.3 Å². The summed E-state index contributed by atoms with van der Waals surface area (Å²) in [6.45, 7) is 4.32. The average Bonchev–Trinajstić information content (AvgIpc) is 3.60. The lowest BCUT2D eigenvalue weighted by Crippen LogP contribution is -2.15. The minimum absolute atomic E-state index is 0.303. The molecule has 4 aromatic heterocycles. The average molecular weight is 495 g/mol. The molecular formula is C22H22N8O2S2. The lowest BCUT2D eigenvalue weighted by molar-refractivity contribution is 0.548. The van der Waals surface area contributed by atoms with Gasteiger partial charge in [-0.2, -0.15) is 5.21 Å². The Kier molecular flexibility index (Phi) is 6.20. The van der Waals surface area contributed by atoms with Crippen molar-refractivity contribution in [1.29, 1.82) is 0 Å².